The Hall–Kier alpha value is -2.76. The molecule has 0 radical (unpaired) electrons. The minimum Gasteiger partial charge on any atom is -0.372 e. The van der Waals surface area contributed by atoms with Crippen molar-refractivity contribution < 1.29 is 13.2 Å². The van der Waals surface area contributed by atoms with Crippen molar-refractivity contribution in [3.63, 3.8) is 0 Å². The average Bonchev–Trinajstić information content (AvgIpc) is 3.15. The minimum absolute atomic E-state index is 0.0254. The van der Waals surface area contributed by atoms with Gasteiger partial charge < -0.3 is 9.88 Å². The number of pyridine rings is 1. The van der Waals surface area contributed by atoms with Crippen molar-refractivity contribution in [2.24, 2.45) is 0 Å². The van der Waals surface area contributed by atoms with E-state index in [0.717, 1.165) is 37.7 Å². The van der Waals surface area contributed by atoms with Crippen LogP contribution in [0.4, 0.5) is 18.9 Å². The number of alkyl halides is 3. The molecule has 4 rings (SSSR count). The number of halogens is 3. The van der Waals surface area contributed by atoms with Gasteiger partial charge in [-0.2, -0.15) is 13.2 Å². The Balaban J connectivity index is 1.84. The summed E-state index contributed by atoms with van der Waals surface area (Å²) in [6.45, 7) is 1.92. The van der Waals surface area contributed by atoms with E-state index in [1.807, 2.05) is 12.1 Å². The molecule has 2 heterocycles. The highest BCUT2D eigenvalue weighted by atomic mass is 19.4. The van der Waals surface area contributed by atoms with E-state index in [1.54, 1.807) is 12.1 Å². The number of hydrogen-bond donors (Lipinski definition) is 1. The Morgan fingerprint density at radius 1 is 0.962 bits per heavy atom. The third-order valence-corrected chi connectivity index (χ3v) is 4.82. The number of fused-ring (bicyclic) bond motifs is 1. The van der Waals surface area contributed by atoms with Crippen LogP contribution in [0, 0.1) is 0 Å². The first-order chi connectivity index (χ1) is 12.4. The number of anilines is 1. The zero-order chi connectivity index (χ0) is 18.3. The molecule has 2 aromatic carbocycles. The van der Waals surface area contributed by atoms with Gasteiger partial charge in [0.25, 0.3) is 5.56 Å². The van der Waals surface area contributed by atoms with Crippen molar-refractivity contribution in [3.8, 4) is 11.3 Å². The van der Waals surface area contributed by atoms with Crippen LogP contribution < -0.4 is 10.5 Å². The van der Waals surface area contributed by atoms with Crippen molar-refractivity contribution >= 4 is 16.5 Å². The van der Waals surface area contributed by atoms with Crippen LogP contribution in [0.25, 0.3) is 22.0 Å². The Bertz CT molecular complexity index is 1020. The fraction of sp³-hybridized carbons (Fsp3) is 0.250. The standard InChI is InChI=1S/C20H17F3N2O/c21-20(22,23)17-6-2-1-5-15(17)18-11-13-7-8-14(25-9-3-4-10-25)12-16(13)19(26)24-18/h1-2,5-8,11-12H,3-4,9-10H2,(H,24,26). The monoisotopic (exact) mass is 358 g/mol. The fourth-order valence-corrected chi connectivity index (χ4v) is 3.53. The lowest BCUT2D eigenvalue weighted by atomic mass is 10.0. The molecule has 0 saturated carbocycles. The predicted molar refractivity (Wildman–Crippen MR) is 96.5 cm³/mol. The SMILES string of the molecule is O=c1[nH]c(-c2ccccc2C(F)(F)F)cc2ccc(N3CCCC3)cc12. The summed E-state index contributed by atoms with van der Waals surface area (Å²) in [6, 6.07) is 12.4. The molecule has 1 fully saturated rings. The van der Waals surface area contributed by atoms with Gasteiger partial charge in [0.2, 0.25) is 0 Å². The predicted octanol–water partition coefficient (Wildman–Crippen LogP) is 4.81. The molecule has 1 aromatic heterocycles. The number of rotatable bonds is 2. The van der Waals surface area contributed by atoms with E-state index in [2.05, 4.69) is 9.88 Å². The number of nitrogens with one attached hydrogen (secondary N) is 1. The van der Waals surface area contributed by atoms with Crippen LogP contribution in [0.3, 0.4) is 0 Å². The van der Waals surface area contributed by atoms with Gasteiger partial charge >= 0.3 is 6.18 Å². The van der Waals surface area contributed by atoms with Gasteiger partial charge in [0, 0.05) is 35.4 Å². The highest BCUT2D eigenvalue weighted by molar-refractivity contribution is 5.88. The van der Waals surface area contributed by atoms with Gasteiger partial charge in [-0.3, -0.25) is 4.79 Å². The highest BCUT2D eigenvalue weighted by Crippen LogP contribution is 2.36. The first kappa shape index (κ1) is 16.7. The second-order valence-electron chi connectivity index (χ2n) is 6.52. The molecule has 0 aliphatic carbocycles. The number of benzene rings is 2. The molecule has 6 heteroatoms. The summed E-state index contributed by atoms with van der Waals surface area (Å²) in [5.74, 6) is 0. The Labute approximate surface area is 148 Å². The molecule has 1 N–H and O–H groups in total. The normalized spacial score (nSPS) is 15.0. The summed E-state index contributed by atoms with van der Waals surface area (Å²) in [5.41, 5.74) is -0.0184. The van der Waals surface area contributed by atoms with Crippen molar-refractivity contribution in [1.29, 1.82) is 0 Å². The second kappa shape index (κ2) is 6.20. The van der Waals surface area contributed by atoms with Crippen LogP contribution in [0.2, 0.25) is 0 Å². The van der Waals surface area contributed by atoms with E-state index in [0.29, 0.717) is 10.8 Å². The molecule has 26 heavy (non-hydrogen) atoms. The largest absolute Gasteiger partial charge is 0.417 e. The van der Waals surface area contributed by atoms with Gasteiger partial charge in [0.1, 0.15) is 0 Å². The molecule has 1 aliphatic rings. The molecule has 3 nitrogen and oxygen atoms in total. The lowest BCUT2D eigenvalue weighted by Crippen LogP contribution is -2.18. The first-order valence-corrected chi connectivity index (χ1v) is 8.52. The van der Waals surface area contributed by atoms with E-state index in [-0.39, 0.29) is 16.8 Å². The Morgan fingerprint density at radius 3 is 2.42 bits per heavy atom. The van der Waals surface area contributed by atoms with Crippen molar-refractivity contribution in [2.45, 2.75) is 19.0 Å². The van der Waals surface area contributed by atoms with Crippen LogP contribution in [-0.4, -0.2) is 18.1 Å². The number of aromatic amines is 1. The van der Waals surface area contributed by atoms with E-state index in [9.17, 15) is 18.0 Å². The van der Waals surface area contributed by atoms with Crippen molar-refractivity contribution in [1.82, 2.24) is 4.98 Å². The molecule has 1 saturated heterocycles. The molecule has 0 spiro atoms. The van der Waals surface area contributed by atoms with Crippen LogP contribution in [-0.2, 0) is 6.18 Å². The number of nitrogens with zero attached hydrogens (tertiary/aromatic N) is 1. The van der Waals surface area contributed by atoms with E-state index < -0.39 is 11.7 Å². The maximum absolute atomic E-state index is 13.3. The highest BCUT2D eigenvalue weighted by Gasteiger charge is 2.33. The van der Waals surface area contributed by atoms with Gasteiger partial charge in [0.15, 0.2) is 0 Å². The zero-order valence-electron chi connectivity index (χ0n) is 13.9. The summed E-state index contributed by atoms with van der Waals surface area (Å²) in [5, 5.41) is 1.12. The molecule has 1 aliphatic heterocycles. The van der Waals surface area contributed by atoms with Crippen LogP contribution in [0.5, 0.6) is 0 Å². The topological polar surface area (TPSA) is 36.1 Å². The molecule has 0 unspecified atom stereocenters. The number of H-pyrrole nitrogens is 1. The summed E-state index contributed by atoms with van der Waals surface area (Å²) in [6.07, 6.45) is -2.23. The summed E-state index contributed by atoms with van der Waals surface area (Å²) < 4.78 is 39.8. The molecule has 0 bridgehead atoms. The lowest BCUT2D eigenvalue weighted by Gasteiger charge is -2.18. The van der Waals surface area contributed by atoms with Crippen LogP contribution >= 0.6 is 0 Å². The van der Waals surface area contributed by atoms with Gasteiger partial charge in [-0.25, -0.2) is 0 Å². The minimum atomic E-state index is -4.48. The fourth-order valence-electron chi connectivity index (χ4n) is 3.53. The zero-order valence-corrected chi connectivity index (χ0v) is 13.9. The molecule has 3 aromatic rings. The van der Waals surface area contributed by atoms with Crippen LogP contribution in [0.15, 0.2) is 53.3 Å². The molecule has 0 atom stereocenters. The quantitative estimate of drug-likeness (QED) is 0.713. The third kappa shape index (κ3) is 2.96. The maximum Gasteiger partial charge on any atom is 0.417 e. The Kier molecular flexibility index (Phi) is 3.98. The third-order valence-electron chi connectivity index (χ3n) is 4.82. The smallest absolute Gasteiger partial charge is 0.372 e. The lowest BCUT2D eigenvalue weighted by molar-refractivity contribution is -0.137. The average molecular weight is 358 g/mol. The number of aromatic nitrogens is 1. The first-order valence-electron chi connectivity index (χ1n) is 8.52. The van der Waals surface area contributed by atoms with Crippen LogP contribution in [0.1, 0.15) is 18.4 Å². The molecular weight excluding hydrogens is 341 g/mol. The Morgan fingerprint density at radius 2 is 1.69 bits per heavy atom. The summed E-state index contributed by atoms with van der Waals surface area (Å²) >= 11 is 0. The van der Waals surface area contributed by atoms with E-state index in [4.69, 9.17) is 0 Å². The summed E-state index contributed by atoms with van der Waals surface area (Å²) in [4.78, 5) is 17.4. The number of hydrogen-bond acceptors (Lipinski definition) is 2. The van der Waals surface area contributed by atoms with Gasteiger partial charge in [-0.15, -0.1) is 0 Å². The van der Waals surface area contributed by atoms with Gasteiger partial charge in [-0.05, 0) is 42.5 Å². The van der Waals surface area contributed by atoms with E-state index in [1.165, 1.54) is 18.2 Å². The van der Waals surface area contributed by atoms with E-state index >= 15 is 0 Å². The molecule has 134 valence electrons. The van der Waals surface area contributed by atoms with Crippen molar-refractivity contribution in [2.75, 3.05) is 18.0 Å². The summed E-state index contributed by atoms with van der Waals surface area (Å²) in [7, 11) is 0. The molecular formula is C20H17F3N2O. The second-order valence-corrected chi connectivity index (χ2v) is 6.52. The maximum atomic E-state index is 13.3. The molecule has 0 amide bonds. The van der Waals surface area contributed by atoms with Gasteiger partial charge in [-0.1, -0.05) is 24.3 Å². The van der Waals surface area contributed by atoms with Crippen molar-refractivity contribution in [3.05, 3.63) is 64.4 Å². The van der Waals surface area contributed by atoms with Gasteiger partial charge in [0.05, 0.1) is 5.56 Å².